The van der Waals surface area contributed by atoms with E-state index in [1.54, 1.807) is 12.1 Å². The number of carbonyl (C=O) groups is 1. The Kier molecular flexibility index (Phi) is 3.51. The van der Waals surface area contributed by atoms with Crippen molar-refractivity contribution < 1.29 is 9.90 Å². The predicted molar refractivity (Wildman–Crippen MR) is 84.0 cm³/mol. The predicted octanol–water partition coefficient (Wildman–Crippen LogP) is 4.27. The van der Waals surface area contributed by atoms with Crippen LogP contribution in [0.4, 0.5) is 5.69 Å². The molecule has 0 spiro atoms. The van der Waals surface area contributed by atoms with E-state index in [-0.39, 0.29) is 5.56 Å². The maximum absolute atomic E-state index is 10.9. The van der Waals surface area contributed by atoms with Crippen molar-refractivity contribution in [2.24, 2.45) is 4.99 Å². The summed E-state index contributed by atoms with van der Waals surface area (Å²) < 4.78 is 0. The number of benzene rings is 2. The summed E-state index contributed by atoms with van der Waals surface area (Å²) in [5.74, 6) is -0.0213. The minimum Gasteiger partial charge on any atom is -0.478 e. The SMILES string of the molecule is O=C(O)c1ccc2c(c1)N=C[SH]2Cc1ccc(Cl)cc1. The van der Waals surface area contributed by atoms with Gasteiger partial charge in [0.1, 0.15) is 0 Å². The van der Waals surface area contributed by atoms with E-state index < -0.39 is 16.9 Å². The fourth-order valence-electron chi connectivity index (χ4n) is 2.11. The van der Waals surface area contributed by atoms with E-state index in [2.05, 4.69) is 4.99 Å². The van der Waals surface area contributed by atoms with Crippen LogP contribution in [0.5, 0.6) is 0 Å². The van der Waals surface area contributed by atoms with Gasteiger partial charge in [-0.05, 0) is 35.9 Å². The van der Waals surface area contributed by atoms with Crippen molar-refractivity contribution in [3.8, 4) is 0 Å². The number of halogens is 1. The second-order valence-electron chi connectivity index (χ2n) is 4.51. The summed E-state index contributed by atoms with van der Waals surface area (Å²) >= 11 is 5.88. The van der Waals surface area contributed by atoms with Crippen LogP contribution in [0.1, 0.15) is 15.9 Å². The van der Waals surface area contributed by atoms with Crippen molar-refractivity contribution in [2.75, 3.05) is 0 Å². The number of aromatic carboxylic acids is 1. The topological polar surface area (TPSA) is 49.7 Å². The third kappa shape index (κ3) is 2.57. The summed E-state index contributed by atoms with van der Waals surface area (Å²) in [6.07, 6.45) is 0. The largest absolute Gasteiger partial charge is 0.478 e. The molecule has 1 aliphatic rings. The monoisotopic (exact) mass is 305 g/mol. The summed E-state index contributed by atoms with van der Waals surface area (Å²) in [6, 6.07) is 13.0. The molecule has 1 unspecified atom stereocenters. The zero-order valence-electron chi connectivity index (χ0n) is 10.5. The molecule has 0 fully saturated rings. The molecule has 0 amide bonds. The van der Waals surface area contributed by atoms with Crippen LogP contribution < -0.4 is 0 Å². The van der Waals surface area contributed by atoms with E-state index in [0.29, 0.717) is 0 Å². The molecule has 2 aromatic rings. The van der Waals surface area contributed by atoms with E-state index in [9.17, 15) is 4.79 Å². The van der Waals surface area contributed by atoms with Gasteiger partial charge < -0.3 is 5.11 Å². The Morgan fingerprint density at radius 1 is 1.20 bits per heavy atom. The van der Waals surface area contributed by atoms with Crippen LogP contribution in [0.25, 0.3) is 0 Å². The molecule has 3 nitrogen and oxygen atoms in total. The highest BCUT2D eigenvalue weighted by molar-refractivity contribution is 8.28. The molecule has 0 saturated carbocycles. The molecule has 0 bridgehead atoms. The molecule has 1 N–H and O–H groups in total. The Bertz CT molecular complexity index is 698. The van der Waals surface area contributed by atoms with Gasteiger partial charge in [-0.25, -0.2) is 4.79 Å². The van der Waals surface area contributed by atoms with Crippen LogP contribution in [-0.4, -0.2) is 16.6 Å². The molecule has 3 rings (SSSR count). The van der Waals surface area contributed by atoms with Gasteiger partial charge >= 0.3 is 5.97 Å². The van der Waals surface area contributed by atoms with E-state index in [0.717, 1.165) is 21.4 Å². The van der Waals surface area contributed by atoms with Gasteiger partial charge in [0.2, 0.25) is 0 Å². The van der Waals surface area contributed by atoms with E-state index in [4.69, 9.17) is 16.7 Å². The minimum absolute atomic E-state index is 0.282. The van der Waals surface area contributed by atoms with Crippen LogP contribution >= 0.6 is 22.5 Å². The number of carboxylic acid groups (broad SMARTS) is 1. The fourth-order valence-corrected chi connectivity index (χ4v) is 4.16. The average Bonchev–Trinajstić information content (AvgIpc) is 2.84. The molecular formula is C15H12ClNO2S. The maximum Gasteiger partial charge on any atom is 0.335 e. The van der Waals surface area contributed by atoms with Crippen LogP contribution in [0.2, 0.25) is 5.02 Å². The van der Waals surface area contributed by atoms with Gasteiger partial charge in [0.25, 0.3) is 0 Å². The smallest absolute Gasteiger partial charge is 0.335 e. The maximum atomic E-state index is 10.9. The van der Waals surface area contributed by atoms with Gasteiger partial charge in [-0.2, -0.15) is 10.9 Å². The summed E-state index contributed by atoms with van der Waals surface area (Å²) in [7, 11) is -0.506. The first kappa shape index (κ1) is 13.2. The lowest BCUT2D eigenvalue weighted by Gasteiger charge is -2.14. The molecule has 20 heavy (non-hydrogen) atoms. The molecule has 0 aromatic heterocycles. The third-order valence-corrected chi connectivity index (χ3v) is 5.48. The first-order valence-corrected chi connectivity index (χ1v) is 8.03. The second-order valence-corrected chi connectivity index (χ2v) is 6.91. The molecule has 0 radical (unpaired) electrons. The van der Waals surface area contributed by atoms with E-state index in [1.165, 1.54) is 5.56 Å². The first-order chi connectivity index (χ1) is 9.63. The van der Waals surface area contributed by atoms with Gasteiger partial charge in [0, 0.05) is 21.2 Å². The van der Waals surface area contributed by atoms with Gasteiger partial charge in [0.05, 0.1) is 11.3 Å². The fraction of sp³-hybridized carbons (Fsp3) is 0.0667. The quantitative estimate of drug-likeness (QED) is 0.832. The Hall–Kier alpha value is -1.78. The zero-order valence-corrected chi connectivity index (χ0v) is 12.1. The van der Waals surface area contributed by atoms with Gasteiger partial charge in [-0.3, -0.25) is 4.99 Å². The Morgan fingerprint density at radius 3 is 2.65 bits per heavy atom. The van der Waals surface area contributed by atoms with Gasteiger partial charge in [0.15, 0.2) is 0 Å². The van der Waals surface area contributed by atoms with Crippen LogP contribution in [0.3, 0.4) is 0 Å². The van der Waals surface area contributed by atoms with E-state index in [1.807, 2.05) is 35.9 Å². The highest BCUT2D eigenvalue weighted by Gasteiger charge is 2.17. The summed E-state index contributed by atoms with van der Waals surface area (Å²) in [5.41, 5.74) is 4.22. The standard InChI is InChI=1S/C15H12ClNO2S/c16-12-4-1-10(2-5-12)8-20-9-17-13-7-11(15(18)19)3-6-14(13)20/h1-7,9,20H,8H2,(H,18,19). The molecule has 1 aliphatic heterocycles. The van der Waals surface area contributed by atoms with E-state index >= 15 is 0 Å². The van der Waals surface area contributed by atoms with Crippen molar-refractivity contribution in [2.45, 2.75) is 10.6 Å². The van der Waals surface area contributed by atoms with Crippen molar-refractivity contribution in [3.63, 3.8) is 0 Å². The van der Waals surface area contributed by atoms with Crippen molar-refractivity contribution in [1.82, 2.24) is 0 Å². The van der Waals surface area contributed by atoms with Crippen LogP contribution in [0, 0.1) is 0 Å². The summed E-state index contributed by atoms with van der Waals surface area (Å²) in [6.45, 7) is 0. The number of nitrogens with zero attached hydrogens (tertiary/aromatic N) is 1. The molecule has 1 atom stereocenters. The second kappa shape index (κ2) is 5.31. The van der Waals surface area contributed by atoms with Crippen LogP contribution in [-0.2, 0) is 5.75 Å². The lowest BCUT2D eigenvalue weighted by atomic mass is 10.2. The van der Waals surface area contributed by atoms with Gasteiger partial charge in [-0.1, -0.05) is 23.7 Å². The molecule has 0 saturated heterocycles. The summed E-state index contributed by atoms with van der Waals surface area (Å²) in [5, 5.41) is 9.71. The molecule has 2 aromatic carbocycles. The highest BCUT2D eigenvalue weighted by atomic mass is 35.5. The third-order valence-electron chi connectivity index (χ3n) is 3.13. The van der Waals surface area contributed by atoms with Gasteiger partial charge in [-0.15, -0.1) is 0 Å². The average molecular weight is 306 g/mol. The molecule has 1 heterocycles. The highest BCUT2D eigenvalue weighted by Crippen LogP contribution is 2.48. The number of thiol groups is 1. The Morgan fingerprint density at radius 2 is 1.95 bits per heavy atom. The minimum atomic E-state index is -0.920. The lowest BCUT2D eigenvalue weighted by Crippen LogP contribution is -1.95. The Balaban J connectivity index is 1.84. The number of hydrogen-bond donors (Lipinski definition) is 2. The number of fused-ring (bicyclic) bond motifs is 1. The number of hydrogen-bond acceptors (Lipinski definition) is 2. The number of aliphatic imine (C=N–C) groups is 1. The normalized spacial score (nSPS) is 17.9. The lowest BCUT2D eigenvalue weighted by molar-refractivity contribution is 0.0697. The number of carboxylic acids is 1. The molecular weight excluding hydrogens is 294 g/mol. The molecule has 102 valence electrons. The van der Waals surface area contributed by atoms with Crippen molar-refractivity contribution >= 4 is 39.7 Å². The zero-order chi connectivity index (χ0) is 14.1. The molecule has 0 aliphatic carbocycles. The Labute approximate surface area is 124 Å². The van der Waals surface area contributed by atoms with Crippen molar-refractivity contribution in [1.29, 1.82) is 0 Å². The molecule has 5 heteroatoms. The van der Waals surface area contributed by atoms with Crippen LogP contribution in [0.15, 0.2) is 52.4 Å². The first-order valence-electron chi connectivity index (χ1n) is 6.06. The van der Waals surface area contributed by atoms with Crippen molar-refractivity contribution in [3.05, 3.63) is 58.6 Å². The number of rotatable bonds is 3. The summed E-state index contributed by atoms with van der Waals surface area (Å²) in [4.78, 5) is 16.4.